The molecule has 0 aliphatic heterocycles. The van der Waals surface area contributed by atoms with Crippen LogP contribution in [0.25, 0.3) is 0 Å². The van der Waals surface area contributed by atoms with E-state index in [0.717, 1.165) is 0 Å². The van der Waals surface area contributed by atoms with Gasteiger partial charge in [-0.2, -0.15) is 0 Å². The first-order valence-corrected chi connectivity index (χ1v) is 5.58. The van der Waals surface area contributed by atoms with Crippen molar-refractivity contribution < 1.29 is 29.0 Å². The lowest BCUT2D eigenvalue weighted by molar-refractivity contribution is -0.145. The average Bonchev–Trinajstić information content (AvgIpc) is 2.33. The van der Waals surface area contributed by atoms with E-state index in [1.807, 2.05) is 5.32 Å². The SMILES string of the molecule is Cc1c(F)cccc1NC(=O)N[C@@H](CC(=O)O)C(=O)O. The van der Waals surface area contributed by atoms with E-state index in [1.54, 1.807) is 0 Å². The van der Waals surface area contributed by atoms with Crippen LogP contribution in [0.15, 0.2) is 18.2 Å². The molecule has 2 amide bonds. The number of hydrogen-bond acceptors (Lipinski definition) is 3. The molecule has 0 saturated heterocycles. The van der Waals surface area contributed by atoms with Crippen molar-refractivity contribution >= 4 is 23.7 Å². The number of aliphatic carboxylic acids is 2. The predicted octanol–water partition coefficient (Wildman–Crippen LogP) is 1.18. The molecule has 4 N–H and O–H groups in total. The summed E-state index contributed by atoms with van der Waals surface area (Å²) in [6, 6.07) is 1.53. The highest BCUT2D eigenvalue weighted by atomic mass is 19.1. The smallest absolute Gasteiger partial charge is 0.326 e. The molecule has 1 aromatic rings. The third-order valence-electron chi connectivity index (χ3n) is 2.50. The molecule has 0 aliphatic carbocycles. The van der Waals surface area contributed by atoms with E-state index in [1.165, 1.54) is 25.1 Å². The first-order valence-electron chi connectivity index (χ1n) is 5.58. The molecule has 0 aliphatic rings. The molecule has 0 bridgehead atoms. The van der Waals surface area contributed by atoms with Crippen LogP contribution in [-0.2, 0) is 9.59 Å². The second kappa shape index (κ2) is 6.50. The molecule has 0 unspecified atom stereocenters. The van der Waals surface area contributed by atoms with E-state index < -0.39 is 36.2 Å². The Labute approximate surface area is 113 Å². The van der Waals surface area contributed by atoms with E-state index >= 15 is 0 Å². The van der Waals surface area contributed by atoms with Gasteiger partial charge in [-0.15, -0.1) is 0 Å². The van der Waals surface area contributed by atoms with Crippen molar-refractivity contribution in [1.29, 1.82) is 0 Å². The quantitative estimate of drug-likeness (QED) is 0.648. The van der Waals surface area contributed by atoms with Crippen LogP contribution in [0.2, 0.25) is 0 Å². The van der Waals surface area contributed by atoms with Crippen molar-refractivity contribution in [2.75, 3.05) is 5.32 Å². The van der Waals surface area contributed by atoms with Gasteiger partial charge in [0, 0.05) is 11.3 Å². The molecule has 0 aromatic heterocycles. The number of carboxylic acid groups (broad SMARTS) is 2. The van der Waals surface area contributed by atoms with Crippen molar-refractivity contribution in [3.63, 3.8) is 0 Å². The number of anilines is 1. The molecule has 1 aromatic carbocycles. The summed E-state index contributed by atoms with van der Waals surface area (Å²) in [6.45, 7) is 1.44. The Morgan fingerprint density at radius 2 is 1.95 bits per heavy atom. The normalized spacial score (nSPS) is 11.5. The largest absolute Gasteiger partial charge is 0.481 e. The van der Waals surface area contributed by atoms with Crippen molar-refractivity contribution in [1.82, 2.24) is 5.32 Å². The van der Waals surface area contributed by atoms with E-state index in [0.29, 0.717) is 0 Å². The van der Waals surface area contributed by atoms with Gasteiger partial charge in [-0.05, 0) is 19.1 Å². The summed E-state index contributed by atoms with van der Waals surface area (Å²) in [5.74, 6) is -3.36. The van der Waals surface area contributed by atoms with Gasteiger partial charge in [0.05, 0.1) is 6.42 Å². The summed E-state index contributed by atoms with van der Waals surface area (Å²) in [7, 11) is 0. The zero-order valence-corrected chi connectivity index (χ0v) is 10.5. The lowest BCUT2D eigenvalue weighted by atomic mass is 10.2. The zero-order valence-electron chi connectivity index (χ0n) is 10.5. The minimum absolute atomic E-state index is 0.168. The fourth-order valence-corrected chi connectivity index (χ4v) is 1.43. The maximum atomic E-state index is 13.2. The van der Waals surface area contributed by atoms with Gasteiger partial charge < -0.3 is 20.8 Å². The maximum Gasteiger partial charge on any atom is 0.326 e. The van der Waals surface area contributed by atoms with Crippen LogP contribution in [0.5, 0.6) is 0 Å². The summed E-state index contributed by atoms with van der Waals surface area (Å²) in [4.78, 5) is 32.8. The van der Waals surface area contributed by atoms with Gasteiger partial charge >= 0.3 is 18.0 Å². The molecule has 8 heteroatoms. The average molecular weight is 284 g/mol. The second-order valence-corrected chi connectivity index (χ2v) is 4.00. The van der Waals surface area contributed by atoms with Crippen LogP contribution in [0.3, 0.4) is 0 Å². The maximum absolute atomic E-state index is 13.2. The van der Waals surface area contributed by atoms with Gasteiger partial charge in [-0.25, -0.2) is 14.0 Å². The number of halogens is 1. The van der Waals surface area contributed by atoms with Crippen LogP contribution >= 0.6 is 0 Å². The molecule has 0 radical (unpaired) electrons. The molecule has 0 heterocycles. The third-order valence-corrected chi connectivity index (χ3v) is 2.50. The fourth-order valence-electron chi connectivity index (χ4n) is 1.43. The molecular weight excluding hydrogens is 271 g/mol. The first-order chi connectivity index (χ1) is 9.31. The molecule has 7 nitrogen and oxygen atoms in total. The minimum Gasteiger partial charge on any atom is -0.481 e. The van der Waals surface area contributed by atoms with Gasteiger partial charge in [-0.3, -0.25) is 4.79 Å². The molecule has 0 spiro atoms. The van der Waals surface area contributed by atoms with Crippen molar-refractivity contribution in [2.24, 2.45) is 0 Å². The summed E-state index contributed by atoms with van der Waals surface area (Å²) in [6.07, 6.45) is -0.759. The zero-order chi connectivity index (χ0) is 15.3. The number of carboxylic acids is 2. The van der Waals surface area contributed by atoms with Gasteiger partial charge in [0.15, 0.2) is 0 Å². The number of rotatable bonds is 5. The van der Waals surface area contributed by atoms with Crippen LogP contribution in [0, 0.1) is 12.7 Å². The van der Waals surface area contributed by atoms with E-state index in [9.17, 15) is 18.8 Å². The topological polar surface area (TPSA) is 116 Å². The van der Waals surface area contributed by atoms with E-state index in [4.69, 9.17) is 10.2 Å². The summed E-state index contributed by atoms with van der Waals surface area (Å²) in [5.41, 5.74) is 0.356. The summed E-state index contributed by atoms with van der Waals surface area (Å²) in [5, 5.41) is 21.6. The molecule has 1 rings (SSSR count). The first kappa shape index (κ1) is 15.4. The monoisotopic (exact) mass is 284 g/mol. The van der Waals surface area contributed by atoms with Gasteiger partial charge in [-0.1, -0.05) is 6.07 Å². The number of urea groups is 1. The van der Waals surface area contributed by atoms with Gasteiger partial charge in [0.2, 0.25) is 0 Å². The highest BCUT2D eigenvalue weighted by Gasteiger charge is 2.23. The second-order valence-electron chi connectivity index (χ2n) is 4.00. The number of benzene rings is 1. The van der Waals surface area contributed by atoms with Crippen LogP contribution < -0.4 is 10.6 Å². The number of amides is 2. The Balaban J connectivity index is 2.73. The highest BCUT2D eigenvalue weighted by Crippen LogP contribution is 2.17. The Bertz CT molecular complexity index is 547. The Morgan fingerprint density at radius 1 is 1.30 bits per heavy atom. The van der Waals surface area contributed by atoms with Gasteiger partial charge in [0.1, 0.15) is 11.9 Å². The molecule has 0 saturated carbocycles. The number of carbonyl (C=O) groups is 3. The van der Waals surface area contributed by atoms with Crippen molar-refractivity contribution in [2.45, 2.75) is 19.4 Å². The van der Waals surface area contributed by atoms with Crippen molar-refractivity contribution in [3.8, 4) is 0 Å². The number of nitrogens with one attached hydrogen (secondary N) is 2. The molecule has 20 heavy (non-hydrogen) atoms. The number of hydrogen-bond donors (Lipinski definition) is 4. The molecule has 0 fully saturated rings. The summed E-state index contributed by atoms with van der Waals surface area (Å²) < 4.78 is 13.2. The Kier molecular flexibility index (Phi) is 5.01. The van der Waals surface area contributed by atoms with Crippen LogP contribution in [0.1, 0.15) is 12.0 Å². The minimum atomic E-state index is -1.57. The summed E-state index contributed by atoms with van der Waals surface area (Å²) >= 11 is 0. The lowest BCUT2D eigenvalue weighted by Crippen LogP contribution is -2.44. The molecule has 1 atom stereocenters. The lowest BCUT2D eigenvalue weighted by Gasteiger charge is -2.14. The molecule has 108 valence electrons. The van der Waals surface area contributed by atoms with Gasteiger partial charge in [0.25, 0.3) is 0 Å². The standard InChI is InChI=1S/C12H13FN2O5/c1-6-7(13)3-2-4-8(6)14-12(20)15-9(11(18)19)5-10(16)17/h2-4,9H,5H2,1H3,(H,16,17)(H,18,19)(H2,14,15,20)/t9-/m0/s1. The Hall–Kier alpha value is -2.64. The third kappa shape index (κ3) is 4.23. The van der Waals surface area contributed by atoms with Crippen molar-refractivity contribution in [3.05, 3.63) is 29.6 Å². The van der Waals surface area contributed by atoms with Crippen LogP contribution in [-0.4, -0.2) is 34.2 Å². The van der Waals surface area contributed by atoms with Crippen LogP contribution in [0.4, 0.5) is 14.9 Å². The van der Waals surface area contributed by atoms with E-state index in [2.05, 4.69) is 5.32 Å². The Morgan fingerprint density at radius 3 is 2.50 bits per heavy atom. The number of carbonyl (C=O) groups excluding carboxylic acids is 1. The predicted molar refractivity (Wildman–Crippen MR) is 67.0 cm³/mol. The highest BCUT2D eigenvalue weighted by molar-refractivity contribution is 5.93. The fraction of sp³-hybridized carbons (Fsp3) is 0.250. The molecular formula is C12H13FN2O5. The van der Waals surface area contributed by atoms with E-state index in [-0.39, 0.29) is 11.3 Å².